The van der Waals surface area contributed by atoms with Gasteiger partial charge >= 0.3 is 0 Å². The molecule has 17 heavy (non-hydrogen) atoms. The lowest BCUT2D eigenvalue weighted by Gasteiger charge is -2.39. The van der Waals surface area contributed by atoms with Gasteiger partial charge < -0.3 is 9.80 Å². The first-order chi connectivity index (χ1) is 8.17. The first kappa shape index (κ1) is 14.9. The fourth-order valence-corrected chi connectivity index (χ4v) is 2.77. The lowest BCUT2D eigenvalue weighted by molar-refractivity contribution is 0.0902. The SMILES string of the molecule is CCC(CC)N1CCN(CCCN(C)C)CC1. The number of rotatable bonds is 7. The molecule has 3 heteroatoms. The smallest absolute Gasteiger partial charge is 0.0113 e. The van der Waals surface area contributed by atoms with Crippen LogP contribution in [0.2, 0.25) is 0 Å². The van der Waals surface area contributed by atoms with Crippen LogP contribution in [0, 0.1) is 0 Å². The number of piperazine rings is 1. The van der Waals surface area contributed by atoms with Gasteiger partial charge in [-0.15, -0.1) is 0 Å². The van der Waals surface area contributed by atoms with Crippen molar-refractivity contribution in [2.75, 3.05) is 53.4 Å². The Labute approximate surface area is 108 Å². The predicted molar refractivity (Wildman–Crippen MR) is 75.6 cm³/mol. The molecule has 0 unspecified atom stereocenters. The summed E-state index contributed by atoms with van der Waals surface area (Å²) in [6.45, 7) is 12.2. The molecule has 1 fully saturated rings. The van der Waals surface area contributed by atoms with Gasteiger partial charge in [0.15, 0.2) is 0 Å². The summed E-state index contributed by atoms with van der Waals surface area (Å²) in [5, 5.41) is 0. The van der Waals surface area contributed by atoms with Crippen molar-refractivity contribution in [2.24, 2.45) is 0 Å². The predicted octanol–water partition coefficient (Wildman–Crippen LogP) is 1.74. The molecule has 0 atom stereocenters. The van der Waals surface area contributed by atoms with Gasteiger partial charge in [-0.2, -0.15) is 0 Å². The molecule has 1 heterocycles. The average Bonchev–Trinajstić information content (AvgIpc) is 2.32. The van der Waals surface area contributed by atoms with E-state index < -0.39 is 0 Å². The van der Waals surface area contributed by atoms with Crippen molar-refractivity contribution in [3.63, 3.8) is 0 Å². The highest BCUT2D eigenvalue weighted by atomic mass is 15.3. The molecule has 1 aliphatic heterocycles. The van der Waals surface area contributed by atoms with Crippen LogP contribution < -0.4 is 0 Å². The zero-order valence-electron chi connectivity index (χ0n) is 12.3. The molecule has 0 bridgehead atoms. The van der Waals surface area contributed by atoms with Gasteiger partial charge in [-0.1, -0.05) is 13.8 Å². The fourth-order valence-electron chi connectivity index (χ4n) is 2.77. The number of hydrogen-bond donors (Lipinski definition) is 0. The molecule has 0 aliphatic carbocycles. The van der Waals surface area contributed by atoms with Crippen molar-refractivity contribution in [3.8, 4) is 0 Å². The van der Waals surface area contributed by atoms with Crippen molar-refractivity contribution < 1.29 is 0 Å². The van der Waals surface area contributed by atoms with Gasteiger partial charge in [0.1, 0.15) is 0 Å². The number of hydrogen-bond acceptors (Lipinski definition) is 3. The van der Waals surface area contributed by atoms with Gasteiger partial charge in [0.25, 0.3) is 0 Å². The topological polar surface area (TPSA) is 9.72 Å². The maximum Gasteiger partial charge on any atom is 0.0113 e. The van der Waals surface area contributed by atoms with Crippen molar-refractivity contribution in [2.45, 2.75) is 39.2 Å². The third kappa shape index (κ3) is 5.36. The lowest BCUT2D eigenvalue weighted by Crippen LogP contribution is -2.50. The molecule has 1 rings (SSSR count). The summed E-state index contributed by atoms with van der Waals surface area (Å²) in [6.07, 6.45) is 3.91. The van der Waals surface area contributed by atoms with Crippen LogP contribution in [0.15, 0.2) is 0 Å². The highest BCUT2D eigenvalue weighted by molar-refractivity contribution is 4.77. The minimum Gasteiger partial charge on any atom is -0.309 e. The van der Waals surface area contributed by atoms with Crippen molar-refractivity contribution >= 4 is 0 Å². The Hall–Kier alpha value is -0.120. The molecule has 102 valence electrons. The molecule has 0 N–H and O–H groups in total. The second kappa shape index (κ2) is 8.06. The maximum atomic E-state index is 2.68. The molecule has 0 aromatic heterocycles. The molecule has 1 saturated heterocycles. The Bertz CT molecular complexity index is 182. The van der Waals surface area contributed by atoms with Gasteiger partial charge in [-0.3, -0.25) is 4.90 Å². The van der Waals surface area contributed by atoms with Gasteiger partial charge in [0.05, 0.1) is 0 Å². The van der Waals surface area contributed by atoms with E-state index in [0.29, 0.717) is 0 Å². The summed E-state index contributed by atoms with van der Waals surface area (Å²) in [4.78, 5) is 7.59. The average molecular weight is 241 g/mol. The zero-order chi connectivity index (χ0) is 12.7. The highest BCUT2D eigenvalue weighted by Gasteiger charge is 2.20. The molecule has 1 aliphatic rings. The zero-order valence-corrected chi connectivity index (χ0v) is 12.3. The Morgan fingerprint density at radius 2 is 1.59 bits per heavy atom. The Morgan fingerprint density at radius 1 is 1.00 bits per heavy atom. The summed E-state index contributed by atoms with van der Waals surface area (Å²) < 4.78 is 0. The van der Waals surface area contributed by atoms with Crippen molar-refractivity contribution in [1.29, 1.82) is 0 Å². The molecule has 0 aromatic carbocycles. The van der Waals surface area contributed by atoms with E-state index in [4.69, 9.17) is 0 Å². The van der Waals surface area contributed by atoms with Crippen LogP contribution in [0.3, 0.4) is 0 Å². The molecule has 0 aromatic rings. The van der Waals surface area contributed by atoms with E-state index in [1.165, 1.54) is 58.5 Å². The standard InChI is InChI=1S/C14H31N3/c1-5-14(6-2)17-12-10-16(11-13-17)9-7-8-15(3)4/h14H,5-13H2,1-4H3. The van der Waals surface area contributed by atoms with Crippen molar-refractivity contribution in [3.05, 3.63) is 0 Å². The van der Waals surface area contributed by atoms with E-state index in [1.54, 1.807) is 0 Å². The van der Waals surface area contributed by atoms with Crippen LogP contribution in [-0.2, 0) is 0 Å². The fraction of sp³-hybridized carbons (Fsp3) is 1.00. The molecule has 0 radical (unpaired) electrons. The molecular weight excluding hydrogens is 210 g/mol. The van der Waals surface area contributed by atoms with Gasteiger partial charge in [-0.05, 0) is 46.4 Å². The lowest BCUT2D eigenvalue weighted by atomic mass is 10.1. The summed E-state index contributed by atoms with van der Waals surface area (Å²) >= 11 is 0. The molecule has 0 amide bonds. The normalized spacial score (nSPS) is 19.4. The van der Waals surface area contributed by atoms with Gasteiger partial charge in [0, 0.05) is 32.2 Å². The van der Waals surface area contributed by atoms with E-state index in [0.717, 1.165) is 6.04 Å². The third-order valence-electron chi connectivity index (χ3n) is 3.95. The summed E-state index contributed by atoms with van der Waals surface area (Å²) in [6, 6.07) is 0.818. The second-order valence-corrected chi connectivity index (χ2v) is 5.50. The summed E-state index contributed by atoms with van der Waals surface area (Å²) in [7, 11) is 4.32. The van der Waals surface area contributed by atoms with Crippen LogP contribution in [0.4, 0.5) is 0 Å². The molecule has 0 spiro atoms. The summed E-state index contributed by atoms with van der Waals surface area (Å²) in [5.74, 6) is 0. The molecule has 3 nitrogen and oxygen atoms in total. The largest absolute Gasteiger partial charge is 0.309 e. The highest BCUT2D eigenvalue weighted by Crippen LogP contribution is 2.12. The summed E-state index contributed by atoms with van der Waals surface area (Å²) in [5.41, 5.74) is 0. The number of nitrogens with zero attached hydrogens (tertiary/aromatic N) is 3. The van der Waals surface area contributed by atoms with Gasteiger partial charge in [0.2, 0.25) is 0 Å². The van der Waals surface area contributed by atoms with E-state index >= 15 is 0 Å². The van der Waals surface area contributed by atoms with E-state index in [9.17, 15) is 0 Å². The van der Waals surface area contributed by atoms with Crippen molar-refractivity contribution in [1.82, 2.24) is 14.7 Å². The molecule has 0 saturated carbocycles. The van der Waals surface area contributed by atoms with E-state index in [-0.39, 0.29) is 0 Å². The van der Waals surface area contributed by atoms with E-state index in [1.807, 2.05) is 0 Å². The van der Waals surface area contributed by atoms with Gasteiger partial charge in [-0.25, -0.2) is 0 Å². The Balaban J connectivity index is 2.17. The minimum atomic E-state index is 0.818. The quantitative estimate of drug-likeness (QED) is 0.672. The van der Waals surface area contributed by atoms with Crippen LogP contribution >= 0.6 is 0 Å². The Kier molecular flexibility index (Phi) is 7.09. The van der Waals surface area contributed by atoms with Crippen LogP contribution in [0.5, 0.6) is 0 Å². The monoisotopic (exact) mass is 241 g/mol. The van der Waals surface area contributed by atoms with Crippen LogP contribution in [0.1, 0.15) is 33.1 Å². The third-order valence-corrected chi connectivity index (χ3v) is 3.95. The Morgan fingerprint density at radius 3 is 2.06 bits per heavy atom. The first-order valence-electron chi connectivity index (χ1n) is 7.28. The first-order valence-corrected chi connectivity index (χ1v) is 7.28. The molecular formula is C14H31N3. The van der Waals surface area contributed by atoms with E-state index in [2.05, 4.69) is 42.6 Å². The minimum absolute atomic E-state index is 0.818. The maximum absolute atomic E-state index is 2.68. The van der Waals surface area contributed by atoms with Crippen LogP contribution in [0.25, 0.3) is 0 Å². The van der Waals surface area contributed by atoms with Crippen LogP contribution in [-0.4, -0.2) is 74.1 Å². The second-order valence-electron chi connectivity index (χ2n) is 5.50.